The van der Waals surface area contributed by atoms with Gasteiger partial charge in [0, 0.05) is 11.8 Å². The lowest BCUT2D eigenvalue weighted by molar-refractivity contribution is 0.107. The van der Waals surface area contributed by atoms with Crippen LogP contribution in [-0.4, -0.2) is 13.2 Å². The molecule has 3 aliphatic rings. The van der Waals surface area contributed by atoms with Gasteiger partial charge in [-0.15, -0.1) is 0 Å². The van der Waals surface area contributed by atoms with Gasteiger partial charge in [0.2, 0.25) is 0 Å². The number of aryl methyl sites for hydroxylation is 1. The second kappa shape index (κ2) is 7.21. The molecule has 6 rings (SSSR count). The number of hydrogen-bond acceptors (Lipinski definition) is 1. The molecule has 0 fully saturated rings. The third kappa shape index (κ3) is 2.80. The molecule has 0 saturated carbocycles. The summed E-state index contributed by atoms with van der Waals surface area (Å²) >= 11 is 0. The minimum absolute atomic E-state index is 0.410. The van der Waals surface area contributed by atoms with Crippen molar-refractivity contribution in [3.05, 3.63) is 124 Å². The summed E-state index contributed by atoms with van der Waals surface area (Å²) in [6.07, 6.45) is 4.57. The minimum atomic E-state index is 0.410. The van der Waals surface area contributed by atoms with Crippen LogP contribution in [0.25, 0.3) is 16.7 Å². The summed E-state index contributed by atoms with van der Waals surface area (Å²) in [5, 5.41) is 0. The van der Waals surface area contributed by atoms with E-state index in [0.29, 0.717) is 11.8 Å². The summed E-state index contributed by atoms with van der Waals surface area (Å²) in [4.78, 5) is 0. The van der Waals surface area contributed by atoms with Crippen LogP contribution >= 0.6 is 0 Å². The Morgan fingerprint density at radius 3 is 2.06 bits per heavy atom. The first kappa shape index (κ1) is 18.6. The molecular formula is C30H26O. The van der Waals surface area contributed by atoms with E-state index in [-0.39, 0.29) is 0 Å². The SMILES string of the molecule is Cc1c2ccc(-c3ccccc3)c1C2COCC1c2ccc(-c3ccccc3)c1c2C. The lowest BCUT2D eigenvalue weighted by Gasteiger charge is -2.40. The van der Waals surface area contributed by atoms with Crippen molar-refractivity contribution < 1.29 is 4.74 Å². The third-order valence-electron chi connectivity index (χ3n) is 7.30. The molecule has 3 aromatic carbocycles. The average molecular weight is 403 g/mol. The monoisotopic (exact) mass is 402 g/mol. The molecule has 1 heteroatoms. The fourth-order valence-corrected chi connectivity index (χ4v) is 5.69. The molecule has 0 aromatic heterocycles. The number of fused-ring (bicyclic) bond motifs is 4. The molecule has 1 nitrogen and oxygen atoms in total. The highest BCUT2D eigenvalue weighted by Gasteiger charge is 2.38. The maximum absolute atomic E-state index is 6.37. The highest BCUT2D eigenvalue weighted by atomic mass is 16.5. The maximum Gasteiger partial charge on any atom is 0.0576 e. The van der Waals surface area contributed by atoms with Gasteiger partial charge in [-0.2, -0.15) is 0 Å². The Balaban J connectivity index is 1.16. The highest BCUT2D eigenvalue weighted by Crippen LogP contribution is 2.51. The molecular weight excluding hydrogens is 376 g/mol. The van der Waals surface area contributed by atoms with Gasteiger partial charge in [0.15, 0.2) is 0 Å². The number of benzene rings is 3. The molecule has 31 heavy (non-hydrogen) atoms. The van der Waals surface area contributed by atoms with Crippen molar-refractivity contribution in [1.82, 2.24) is 0 Å². The molecule has 2 unspecified atom stereocenters. The fourth-order valence-electron chi connectivity index (χ4n) is 5.69. The first-order chi connectivity index (χ1) is 15.2. The molecule has 152 valence electrons. The van der Waals surface area contributed by atoms with Crippen LogP contribution in [0, 0.1) is 12.8 Å². The lowest BCUT2D eigenvalue weighted by Crippen LogP contribution is -2.30. The molecule has 0 heterocycles. The molecule has 0 N–H and O–H groups in total. The average Bonchev–Trinajstić information content (AvgIpc) is 2.84. The van der Waals surface area contributed by atoms with Crippen molar-refractivity contribution in [3.63, 3.8) is 0 Å². The molecule has 0 spiro atoms. The van der Waals surface area contributed by atoms with Crippen LogP contribution in [0.3, 0.4) is 0 Å². The molecule has 4 bridgehead atoms. The topological polar surface area (TPSA) is 9.23 Å². The van der Waals surface area contributed by atoms with Crippen molar-refractivity contribution in [2.45, 2.75) is 19.8 Å². The standard InChI is InChI=1S/C30H26O/c1-19-23-13-15-25(21-9-5-3-6-10-21)29(19)27(23)17-31-18-28-24-14-16-26(30(28)20(24)2)22-11-7-4-8-12-22/h3-16,27-28H,17-18H2,1-2H3. The van der Waals surface area contributed by atoms with Gasteiger partial charge in [-0.25, -0.2) is 0 Å². The number of rotatable bonds is 6. The van der Waals surface area contributed by atoms with E-state index < -0.39 is 0 Å². The molecule has 0 radical (unpaired) electrons. The molecule has 3 aromatic rings. The Morgan fingerprint density at radius 1 is 0.710 bits per heavy atom. The summed E-state index contributed by atoms with van der Waals surface area (Å²) in [6, 6.07) is 26.0. The third-order valence-corrected chi connectivity index (χ3v) is 7.30. The molecule has 0 aliphatic heterocycles. The summed E-state index contributed by atoms with van der Waals surface area (Å²) < 4.78 is 6.37. The van der Waals surface area contributed by atoms with Crippen molar-refractivity contribution in [2.24, 2.45) is 5.92 Å². The molecule has 2 atom stereocenters. The number of hydrogen-bond donors (Lipinski definition) is 0. The Bertz CT molecular complexity index is 1260. The van der Waals surface area contributed by atoms with E-state index in [1.54, 1.807) is 0 Å². The Morgan fingerprint density at radius 2 is 1.39 bits per heavy atom. The summed E-state index contributed by atoms with van der Waals surface area (Å²) in [7, 11) is 0. The Hall–Kier alpha value is -3.16. The van der Waals surface area contributed by atoms with Crippen molar-refractivity contribution in [1.29, 1.82) is 0 Å². The number of allylic oxidation sites excluding steroid dienone is 4. The van der Waals surface area contributed by atoms with Crippen LogP contribution in [0.15, 0.2) is 102 Å². The predicted molar refractivity (Wildman–Crippen MR) is 128 cm³/mol. The zero-order valence-electron chi connectivity index (χ0n) is 18.1. The second-order valence-corrected chi connectivity index (χ2v) is 8.86. The Labute approximate surface area is 184 Å². The Kier molecular flexibility index (Phi) is 4.33. The van der Waals surface area contributed by atoms with Crippen molar-refractivity contribution in [3.8, 4) is 11.1 Å². The van der Waals surface area contributed by atoms with E-state index in [0.717, 1.165) is 13.2 Å². The normalized spacial score (nSPS) is 20.6. The molecule has 0 amide bonds. The van der Waals surface area contributed by atoms with Crippen LogP contribution in [0.1, 0.15) is 35.1 Å². The van der Waals surface area contributed by atoms with Gasteiger partial charge in [0.05, 0.1) is 13.2 Å². The minimum Gasteiger partial charge on any atom is -0.379 e. The van der Waals surface area contributed by atoms with E-state index in [1.807, 2.05) is 0 Å². The zero-order chi connectivity index (χ0) is 20.9. The summed E-state index contributed by atoms with van der Waals surface area (Å²) in [6.45, 7) is 6.03. The second-order valence-electron chi connectivity index (χ2n) is 8.86. The largest absolute Gasteiger partial charge is 0.379 e. The van der Waals surface area contributed by atoms with E-state index in [1.165, 1.54) is 55.7 Å². The first-order valence-electron chi connectivity index (χ1n) is 11.2. The summed E-state index contributed by atoms with van der Waals surface area (Å²) in [5.41, 5.74) is 14.0. The van der Waals surface area contributed by atoms with Crippen LogP contribution in [-0.2, 0) is 4.74 Å². The first-order valence-corrected chi connectivity index (χ1v) is 11.2. The molecule has 0 saturated heterocycles. The van der Waals surface area contributed by atoms with Gasteiger partial charge in [0.1, 0.15) is 0 Å². The maximum atomic E-state index is 6.37. The van der Waals surface area contributed by atoms with Crippen LogP contribution in [0.4, 0.5) is 0 Å². The van der Waals surface area contributed by atoms with E-state index in [2.05, 4.69) is 98.8 Å². The van der Waals surface area contributed by atoms with Gasteiger partial charge in [-0.3, -0.25) is 0 Å². The van der Waals surface area contributed by atoms with Gasteiger partial charge in [0.25, 0.3) is 0 Å². The fraction of sp³-hybridized carbons (Fsp3) is 0.200. The van der Waals surface area contributed by atoms with Crippen LogP contribution in [0.2, 0.25) is 0 Å². The quantitative estimate of drug-likeness (QED) is 0.427. The smallest absolute Gasteiger partial charge is 0.0576 e. The van der Waals surface area contributed by atoms with Gasteiger partial charge in [-0.1, -0.05) is 84.9 Å². The summed E-state index contributed by atoms with van der Waals surface area (Å²) in [5.74, 6) is 0.821. The van der Waals surface area contributed by atoms with E-state index >= 15 is 0 Å². The van der Waals surface area contributed by atoms with E-state index in [4.69, 9.17) is 4.74 Å². The molecule has 3 aliphatic carbocycles. The van der Waals surface area contributed by atoms with Gasteiger partial charge < -0.3 is 4.74 Å². The van der Waals surface area contributed by atoms with Crippen LogP contribution in [0.5, 0.6) is 0 Å². The van der Waals surface area contributed by atoms with Gasteiger partial charge in [-0.05, 0) is 69.5 Å². The zero-order valence-corrected chi connectivity index (χ0v) is 18.1. The van der Waals surface area contributed by atoms with E-state index in [9.17, 15) is 0 Å². The highest BCUT2D eigenvalue weighted by molar-refractivity contribution is 5.89. The van der Waals surface area contributed by atoms with Crippen LogP contribution < -0.4 is 0 Å². The van der Waals surface area contributed by atoms with Gasteiger partial charge >= 0.3 is 0 Å². The number of ether oxygens (including phenoxy) is 1. The van der Waals surface area contributed by atoms with Crippen molar-refractivity contribution in [2.75, 3.05) is 13.2 Å². The van der Waals surface area contributed by atoms with Crippen molar-refractivity contribution >= 4 is 5.57 Å². The predicted octanol–water partition coefficient (Wildman–Crippen LogP) is 7.09. The lowest BCUT2D eigenvalue weighted by atomic mass is 9.66.